The van der Waals surface area contributed by atoms with Crippen LogP contribution in [-0.2, 0) is 42.7 Å². The number of aromatic nitrogens is 2. The maximum atomic E-state index is 6.97. The molecule has 9 aromatic rings. The van der Waals surface area contributed by atoms with Crippen molar-refractivity contribution in [1.29, 1.82) is 0 Å². The Morgan fingerprint density at radius 3 is 1.79 bits per heavy atom. The molecule has 0 bridgehead atoms. The smallest absolute Gasteiger partial charge is 0.135 e. The minimum atomic E-state index is -0.188. The summed E-state index contributed by atoms with van der Waals surface area (Å²) in [5.41, 5.74) is 15.3. The molecule has 0 radical (unpaired) electrons. The van der Waals surface area contributed by atoms with Crippen molar-refractivity contribution in [2.75, 3.05) is 9.80 Å². The third-order valence-corrected chi connectivity index (χ3v) is 13.7. The van der Waals surface area contributed by atoms with Gasteiger partial charge in [0.25, 0.3) is 0 Å². The van der Waals surface area contributed by atoms with Crippen molar-refractivity contribution in [3.05, 3.63) is 217 Å². The van der Waals surface area contributed by atoms with Gasteiger partial charge in [-0.05, 0) is 84.8 Å². The summed E-state index contributed by atoms with van der Waals surface area (Å²) in [6.45, 7) is 29.3. The maximum absolute atomic E-state index is 6.97. The van der Waals surface area contributed by atoms with Crippen molar-refractivity contribution in [2.45, 2.75) is 105 Å². The number of rotatable bonds is 8. The summed E-state index contributed by atoms with van der Waals surface area (Å²) in [4.78, 5) is 9.81. The molecule has 1 aliphatic rings. The van der Waals surface area contributed by atoms with Crippen LogP contribution in [0.2, 0.25) is 0 Å². The van der Waals surface area contributed by atoms with Crippen LogP contribution in [0.4, 0.5) is 11.4 Å². The average Bonchev–Trinajstić information content (AvgIpc) is 3.94. The SMILES string of the molecule is CC(C)(C)c1cc(Oc2[c-]c3c(cc2)c2cccc(-c4ccccc4)c2n3-c2cc(C(C)(C)C)c(-c3cccc(C(C)(C)C)c3)cn2)[c-]c(N2C=C(c3ccccc3)N(c3cccc(C(C)(C)C)c3)[CH-]2)c1.[Pt]. The molecule has 0 unspecified atom stereocenters. The fourth-order valence-electron chi connectivity index (χ4n) is 9.65. The second kappa shape index (κ2) is 19.1. The molecule has 7 aromatic carbocycles. The van der Waals surface area contributed by atoms with Gasteiger partial charge in [0.2, 0.25) is 0 Å². The van der Waals surface area contributed by atoms with E-state index >= 15 is 0 Å². The number of fused-ring (bicyclic) bond motifs is 3. The maximum Gasteiger partial charge on any atom is 0.135 e. The molecule has 3 heterocycles. The van der Waals surface area contributed by atoms with Gasteiger partial charge < -0.3 is 19.1 Å². The molecular weight excluding hydrogens is 1060 g/mol. The molecular formula is C66H65N4OPt-3. The van der Waals surface area contributed by atoms with E-state index in [4.69, 9.17) is 9.72 Å². The van der Waals surface area contributed by atoms with Crippen LogP contribution in [0.1, 0.15) is 111 Å². The Morgan fingerprint density at radius 2 is 1.12 bits per heavy atom. The van der Waals surface area contributed by atoms with Crippen molar-refractivity contribution in [2.24, 2.45) is 0 Å². The van der Waals surface area contributed by atoms with Crippen LogP contribution in [0.25, 0.3) is 55.6 Å². The van der Waals surface area contributed by atoms with Crippen LogP contribution in [0.5, 0.6) is 11.5 Å². The molecule has 6 heteroatoms. The zero-order valence-electron chi connectivity index (χ0n) is 43.8. The summed E-state index contributed by atoms with van der Waals surface area (Å²) in [5.74, 6) is 2.03. The number of hydrogen-bond acceptors (Lipinski definition) is 4. The number of anilines is 2. The van der Waals surface area contributed by atoms with Gasteiger partial charge >= 0.3 is 0 Å². The van der Waals surface area contributed by atoms with Crippen LogP contribution in [0.3, 0.4) is 0 Å². The molecule has 10 rings (SSSR count). The Bertz CT molecular complexity index is 3470. The van der Waals surface area contributed by atoms with Crippen molar-refractivity contribution >= 4 is 38.9 Å². The fraction of sp³-hybridized carbons (Fsp3) is 0.242. The van der Waals surface area contributed by atoms with E-state index in [1.54, 1.807) is 0 Å². The predicted molar refractivity (Wildman–Crippen MR) is 299 cm³/mol. The Hall–Kier alpha value is -6.68. The summed E-state index contributed by atoms with van der Waals surface area (Å²) in [6.07, 6.45) is 4.28. The third-order valence-electron chi connectivity index (χ3n) is 13.7. The van der Waals surface area contributed by atoms with Gasteiger partial charge in [-0.1, -0.05) is 204 Å². The summed E-state index contributed by atoms with van der Waals surface area (Å²) >= 11 is 0. The van der Waals surface area contributed by atoms with Gasteiger partial charge in [0, 0.05) is 66.8 Å². The van der Waals surface area contributed by atoms with E-state index in [-0.39, 0.29) is 42.7 Å². The van der Waals surface area contributed by atoms with E-state index < -0.39 is 0 Å². The molecule has 2 aromatic heterocycles. The zero-order valence-corrected chi connectivity index (χ0v) is 46.0. The van der Waals surface area contributed by atoms with Crippen molar-refractivity contribution in [3.63, 3.8) is 0 Å². The van der Waals surface area contributed by atoms with E-state index in [0.29, 0.717) is 11.5 Å². The summed E-state index contributed by atoms with van der Waals surface area (Å²) in [6, 6.07) is 64.0. The quantitative estimate of drug-likeness (QED) is 0.142. The minimum absolute atomic E-state index is 0. The topological polar surface area (TPSA) is 33.5 Å². The van der Waals surface area contributed by atoms with Crippen molar-refractivity contribution in [3.8, 4) is 39.6 Å². The third kappa shape index (κ3) is 9.94. The monoisotopic (exact) mass is 1120 g/mol. The fourth-order valence-corrected chi connectivity index (χ4v) is 9.65. The van der Waals surface area contributed by atoms with E-state index in [0.717, 1.165) is 72.5 Å². The molecule has 5 nitrogen and oxygen atoms in total. The van der Waals surface area contributed by atoms with Crippen LogP contribution in [0.15, 0.2) is 170 Å². The first-order chi connectivity index (χ1) is 33.7. The first kappa shape index (κ1) is 50.3. The number of hydrogen-bond donors (Lipinski definition) is 0. The number of nitrogens with zero attached hydrogens (tertiary/aromatic N) is 4. The Balaban J connectivity index is 0.00000640. The number of para-hydroxylation sites is 1. The van der Waals surface area contributed by atoms with Crippen LogP contribution in [0, 0.1) is 18.8 Å². The van der Waals surface area contributed by atoms with Gasteiger partial charge in [0.15, 0.2) is 0 Å². The van der Waals surface area contributed by atoms with Gasteiger partial charge in [0.05, 0.1) is 0 Å². The normalized spacial score (nSPS) is 13.4. The van der Waals surface area contributed by atoms with E-state index in [2.05, 4.69) is 280 Å². The molecule has 0 saturated carbocycles. The number of ether oxygens (including phenoxy) is 1. The molecule has 0 spiro atoms. The van der Waals surface area contributed by atoms with Crippen LogP contribution in [-0.4, -0.2) is 9.55 Å². The van der Waals surface area contributed by atoms with E-state index in [1.807, 2.05) is 6.07 Å². The summed E-state index contributed by atoms with van der Waals surface area (Å²) in [7, 11) is 0. The number of benzene rings is 7. The molecule has 0 fully saturated rings. The largest absolute Gasteiger partial charge is 0.509 e. The van der Waals surface area contributed by atoms with E-state index in [1.165, 1.54) is 22.3 Å². The Labute approximate surface area is 442 Å². The molecule has 0 atom stereocenters. The Kier molecular flexibility index (Phi) is 13.3. The zero-order chi connectivity index (χ0) is 50.0. The first-order valence-electron chi connectivity index (χ1n) is 24.9. The average molecular weight is 1130 g/mol. The van der Waals surface area contributed by atoms with Gasteiger partial charge in [-0.2, -0.15) is 6.07 Å². The standard InChI is InChI=1S/C66H65N4O.Pt/c1-63(2,3)47-27-19-26-46(34-47)57-41-67-61(40-58(57)66(10,11)12)70-59-39-52(32-33-55(59)56-31-21-30-54(62(56)70)44-22-15-13-16-23-44)71-53-37-49(65(7,8)9)36-51(38-53)68-42-60(45-24-17-14-18-25-45)69(43-68)50-29-20-28-48(35-50)64(4,5)6;/h13-37,40-43H,1-12H3;/q-3;. The van der Waals surface area contributed by atoms with Gasteiger partial charge in [-0.3, -0.25) is 0 Å². The number of pyridine rings is 1. The van der Waals surface area contributed by atoms with Crippen molar-refractivity contribution in [1.82, 2.24) is 9.55 Å². The molecule has 0 aliphatic carbocycles. The van der Waals surface area contributed by atoms with Crippen molar-refractivity contribution < 1.29 is 25.8 Å². The summed E-state index contributed by atoms with van der Waals surface area (Å²) < 4.78 is 9.27. The van der Waals surface area contributed by atoms with Crippen LogP contribution >= 0.6 is 0 Å². The predicted octanol–water partition coefficient (Wildman–Crippen LogP) is 17.5. The molecule has 0 N–H and O–H groups in total. The first-order valence-corrected chi connectivity index (χ1v) is 24.9. The summed E-state index contributed by atoms with van der Waals surface area (Å²) in [5, 5.41) is 2.19. The molecule has 72 heavy (non-hydrogen) atoms. The van der Waals surface area contributed by atoms with Gasteiger partial charge in [0.1, 0.15) is 5.82 Å². The molecule has 0 amide bonds. The van der Waals surface area contributed by atoms with Crippen LogP contribution < -0.4 is 14.5 Å². The molecule has 0 saturated heterocycles. The second-order valence-corrected chi connectivity index (χ2v) is 23.2. The second-order valence-electron chi connectivity index (χ2n) is 23.2. The Morgan fingerprint density at radius 1 is 0.500 bits per heavy atom. The van der Waals surface area contributed by atoms with Gasteiger partial charge in [-0.25, -0.2) is 4.98 Å². The van der Waals surface area contributed by atoms with Gasteiger partial charge in [-0.15, -0.1) is 53.6 Å². The molecule has 1 aliphatic heterocycles. The van der Waals surface area contributed by atoms with E-state index in [9.17, 15) is 0 Å². The minimum Gasteiger partial charge on any atom is -0.509 e. The molecule has 368 valence electrons.